The maximum Gasteiger partial charge on any atom is 0.253 e. The predicted octanol–water partition coefficient (Wildman–Crippen LogP) is 2.88. The highest BCUT2D eigenvalue weighted by Gasteiger charge is 2.10. The molecule has 0 spiro atoms. The molecular weight excluding hydrogens is 262 g/mol. The minimum atomic E-state index is -0.0630. The number of rotatable bonds is 7. The molecule has 0 aliphatic carbocycles. The summed E-state index contributed by atoms with van der Waals surface area (Å²) in [6.45, 7) is 3.54. The van der Waals surface area contributed by atoms with E-state index >= 15 is 0 Å². The second-order valence-electron chi connectivity index (χ2n) is 4.84. The summed E-state index contributed by atoms with van der Waals surface area (Å²) in [5.74, 6) is -0.0630. The predicted molar refractivity (Wildman–Crippen MR) is 85.5 cm³/mol. The van der Waals surface area contributed by atoms with Crippen LogP contribution >= 0.6 is 0 Å². The molecule has 2 aromatic rings. The van der Waals surface area contributed by atoms with Crippen molar-refractivity contribution in [2.24, 2.45) is 0 Å². The highest BCUT2D eigenvalue weighted by molar-refractivity contribution is 5.99. The third-order valence-electron chi connectivity index (χ3n) is 3.17. The van der Waals surface area contributed by atoms with Gasteiger partial charge >= 0.3 is 0 Å². The molecule has 2 N–H and O–H groups in total. The number of aromatic nitrogens is 1. The fourth-order valence-electron chi connectivity index (χ4n) is 2.05. The third kappa shape index (κ3) is 4.60. The summed E-state index contributed by atoms with van der Waals surface area (Å²) in [4.78, 5) is 16.3. The van der Waals surface area contributed by atoms with Crippen LogP contribution in [-0.2, 0) is 6.42 Å². The fourth-order valence-corrected chi connectivity index (χ4v) is 2.05. The Morgan fingerprint density at radius 2 is 1.95 bits per heavy atom. The largest absolute Gasteiger partial charge is 0.383 e. The van der Waals surface area contributed by atoms with Crippen molar-refractivity contribution in [3.05, 3.63) is 59.9 Å². The molecule has 0 aliphatic rings. The lowest BCUT2D eigenvalue weighted by molar-refractivity contribution is 0.0955. The average Bonchev–Trinajstić information content (AvgIpc) is 2.54. The quantitative estimate of drug-likeness (QED) is 0.821. The molecule has 21 heavy (non-hydrogen) atoms. The van der Waals surface area contributed by atoms with E-state index in [0.717, 1.165) is 25.1 Å². The Morgan fingerprint density at radius 1 is 1.14 bits per heavy atom. The molecule has 110 valence electrons. The first-order valence-corrected chi connectivity index (χ1v) is 7.31. The van der Waals surface area contributed by atoms with E-state index in [1.807, 2.05) is 18.2 Å². The van der Waals surface area contributed by atoms with Crippen LogP contribution in [0.1, 0.15) is 29.3 Å². The zero-order valence-electron chi connectivity index (χ0n) is 12.3. The number of pyridine rings is 1. The topological polar surface area (TPSA) is 54.0 Å². The molecule has 2 rings (SSSR count). The zero-order chi connectivity index (χ0) is 14.9. The van der Waals surface area contributed by atoms with E-state index < -0.39 is 0 Å². The van der Waals surface area contributed by atoms with Crippen LogP contribution in [0.2, 0.25) is 0 Å². The molecule has 1 amide bonds. The van der Waals surface area contributed by atoms with Gasteiger partial charge in [-0.15, -0.1) is 0 Å². The molecular formula is C17H21N3O. The summed E-state index contributed by atoms with van der Waals surface area (Å²) < 4.78 is 0. The molecule has 1 aromatic carbocycles. The van der Waals surface area contributed by atoms with Crippen molar-refractivity contribution in [1.82, 2.24) is 10.3 Å². The highest BCUT2D eigenvalue weighted by Crippen LogP contribution is 2.13. The van der Waals surface area contributed by atoms with Gasteiger partial charge in [0.1, 0.15) is 0 Å². The number of amides is 1. The first-order chi connectivity index (χ1) is 10.3. The number of hydrogen-bond acceptors (Lipinski definition) is 3. The SMILES string of the molecule is CCCNc1cnccc1C(=O)NCCc1ccccc1. The number of benzene rings is 1. The Bertz CT molecular complexity index is 569. The summed E-state index contributed by atoms with van der Waals surface area (Å²) in [6, 6.07) is 11.9. The summed E-state index contributed by atoms with van der Waals surface area (Å²) in [7, 11) is 0. The van der Waals surface area contributed by atoms with E-state index in [9.17, 15) is 4.79 Å². The molecule has 1 aromatic heterocycles. The summed E-state index contributed by atoms with van der Waals surface area (Å²) >= 11 is 0. The molecule has 0 unspecified atom stereocenters. The Kier molecular flexibility index (Phi) is 5.76. The maximum atomic E-state index is 12.2. The molecule has 0 aliphatic heterocycles. The minimum absolute atomic E-state index is 0.0630. The van der Waals surface area contributed by atoms with Gasteiger partial charge in [-0.3, -0.25) is 9.78 Å². The summed E-state index contributed by atoms with van der Waals surface area (Å²) in [5, 5.41) is 6.19. The lowest BCUT2D eigenvalue weighted by Crippen LogP contribution is -2.26. The number of nitrogens with one attached hydrogen (secondary N) is 2. The van der Waals surface area contributed by atoms with E-state index in [2.05, 4.69) is 34.7 Å². The van der Waals surface area contributed by atoms with Crippen molar-refractivity contribution in [2.75, 3.05) is 18.4 Å². The number of carbonyl (C=O) groups excluding carboxylic acids is 1. The zero-order valence-corrected chi connectivity index (χ0v) is 12.3. The van der Waals surface area contributed by atoms with E-state index in [0.29, 0.717) is 12.1 Å². The third-order valence-corrected chi connectivity index (χ3v) is 3.17. The summed E-state index contributed by atoms with van der Waals surface area (Å²) in [5.41, 5.74) is 2.65. The van der Waals surface area contributed by atoms with Gasteiger partial charge in [-0.25, -0.2) is 0 Å². The van der Waals surface area contributed by atoms with Gasteiger partial charge in [0.15, 0.2) is 0 Å². The normalized spacial score (nSPS) is 10.1. The van der Waals surface area contributed by atoms with Crippen LogP contribution in [0.4, 0.5) is 5.69 Å². The number of nitrogens with zero attached hydrogens (tertiary/aromatic N) is 1. The summed E-state index contributed by atoms with van der Waals surface area (Å²) in [6.07, 6.45) is 5.17. The average molecular weight is 283 g/mol. The van der Waals surface area contributed by atoms with E-state index in [1.165, 1.54) is 5.56 Å². The standard InChI is InChI=1S/C17H21N3O/c1-2-10-19-16-13-18-11-9-15(16)17(21)20-12-8-14-6-4-3-5-7-14/h3-7,9,11,13,19H,2,8,10,12H2,1H3,(H,20,21). The molecule has 4 nitrogen and oxygen atoms in total. The second kappa shape index (κ2) is 8.04. The van der Waals surface area contributed by atoms with Gasteiger partial charge in [-0.1, -0.05) is 37.3 Å². The molecule has 4 heteroatoms. The van der Waals surface area contributed by atoms with Crippen LogP contribution in [0.15, 0.2) is 48.8 Å². The first kappa shape index (κ1) is 15.0. The fraction of sp³-hybridized carbons (Fsp3) is 0.294. The van der Waals surface area contributed by atoms with Gasteiger partial charge < -0.3 is 10.6 Å². The molecule has 0 saturated heterocycles. The van der Waals surface area contributed by atoms with Crippen molar-refractivity contribution in [2.45, 2.75) is 19.8 Å². The van der Waals surface area contributed by atoms with Crippen molar-refractivity contribution >= 4 is 11.6 Å². The monoisotopic (exact) mass is 283 g/mol. The molecule has 0 bridgehead atoms. The van der Waals surface area contributed by atoms with Crippen LogP contribution in [-0.4, -0.2) is 24.0 Å². The molecule has 0 saturated carbocycles. The Labute approximate surface area is 125 Å². The van der Waals surface area contributed by atoms with Crippen LogP contribution in [0.25, 0.3) is 0 Å². The van der Waals surface area contributed by atoms with Gasteiger partial charge in [0.2, 0.25) is 0 Å². The van der Waals surface area contributed by atoms with E-state index in [-0.39, 0.29) is 5.91 Å². The molecule has 1 heterocycles. The number of carbonyl (C=O) groups is 1. The smallest absolute Gasteiger partial charge is 0.253 e. The van der Waals surface area contributed by atoms with Crippen molar-refractivity contribution in [3.8, 4) is 0 Å². The Balaban J connectivity index is 1.91. The lowest BCUT2D eigenvalue weighted by atomic mass is 10.1. The van der Waals surface area contributed by atoms with Crippen LogP contribution in [0.3, 0.4) is 0 Å². The highest BCUT2D eigenvalue weighted by atomic mass is 16.1. The van der Waals surface area contributed by atoms with Crippen LogP contribution in [0, 0.1) is 0 Å². The molecule has 0 radical (unpaired) electrons. The van der Waals surface area contributed by atoms with Gasteiger partial charge in [0.25, 0.3) is 5.91 Å². The first-order valence-electron chi connectivity index (χ1n) is 7.31. The van der Waals surface area contributed by atoms with Gasteiger partial charge in [-0.2, -0.15) is 0 Å². The van der Waals surface area contributed by atoms with Gasteiger partial charge in [0, 0.05) is 19.3 Å². The van der Waals surface area contributed by atoms with E-state index in [1.54, 1.807) is 18.5 Å². The molecule has 0 atom stereocenters. The lowest BCUT2D eigenvalue weighted by Gasteiger charge is -2.11. The van der Waals surface area contributed by atoms with E-state index in [4.69, 9.17) is 0 Å². The second-order valence-corrected chi connectivity index (χ2v) is 4.84. The van der Waals surface area contributed by atoms with Gasteiger partial charge in [0.05, 0.1) is 17.4 Å². The minimum Gasteiger partial charge on any atom is -0.383 e. The van der Waals surface area contributed by atoms with Crippen molar-refractivity contribution in [3.63, 3.8) is 0 Å². The number of anilines is 1. The molecule has 0 fully saturated rings. The van der Waals surface area contributed by atoms with Crippen molar-refractivity contribution < 1.29 is 4.79 Å². The Morgan fingerprint density at radius 3 is 2.71 bits per heavy atom. The van der Waals surface area contributed by atoms with Crippen LogP contribution < -0.4 is 10.6 Å². The maximum absolute atomic E-state index is 12.2. The Hall–Kier alpha value is -2.36. The van der Waals surface area contributed by atoms with Gasteiger partial charge in [-0.05, 0) is 24.5 Å². The number of hydrogen-bond donors (Lipinski definition) is 2. The van der Waals surface area contributed by atoms with Crippen molar-refractivity contribution in [1.29, 1.82) is 0 Å². The van der Waals surface area contributed by atoms with Crippen LogP contribution in [0.5, 0.6) is 0 Å².